The standard InChI is InChI=1S/C17H11F3N2O4/c18-10-1-8(16-9(2-10)6-25-7-26-16)5-22-13-4-11(19)3-12(20)14(13)15(21-24)17(22)23/h1-4,24H,5-7H2/b21-15-. The van der Waals surface area contributed by atoms with Crippen LogP contribution < -0.4 is 9.64 Å². The molecule has 2 heterocycles. The van der Waals surface area contributed by atoms with Crippen LogP contribution in [-0.4, -0.2) is 23.6 Å². The third-order valence-electron chi connectivity index (χ3n) is 4.19. The van der Waals surface area contributed by atoms with Gasteiger partial charge in [-0.15, -0.1) is 0 Å². The zero-order valence-corrected chi connectivity index (χ0v) is 13.1. The van der Waals surface area contributed by atoms with Gasteiger partial charge in [0.05, 0.1) is 24.4 Å². The van der Waals surface area contributed by atoms with Gasteiger partial charge in [-0.25, -0.2) is 13.2 Å². The second-order valence-corrected chi connectivity index (χ2v) is 5.79. The summed E-state index contributed by atoms with van der Waals surface area (Å²) in [5, 5.41) is 11.9. The second kappa shape index (κ2) is 6.03. The van der Waals surface area contributed by atoms with Crippen molar-refractivity contribution in [3.05, 3.63) is 58.4 Å². The average Bonchev–Trinajstić information content (AvgIpc) is 2.86. The molecule has 6 nitrogen and oxygen atoms in total. The SMILES string of the molecule is O=C1/C(=N\O)c2c(F)cc(F)cc2N1Cc1cc(F)cc2c1OCOC2. The Morgan fingerprint density at radius 2 is 1.92 bits per heavy atom. The van der Waals surface area contributed by atoms with Crippen molar-refractivity contribution in [2.45, 2.75) is 13.2 Å². The number of ether oxygens (including phenoxy) is 2. The number of carbonyl (C=O) groups is 1. The highest BCUT2D eigenvalue weighted by Crippen LogP contribution is 2.36. The van der Waals surface area contributed by atoms with Gasteiger partial charge >= 0.3 is 0 Å². The van der Waals surface area contributed by atoms with Crippen molar-refractivity contribution in [2.24, 2.45) is 5.16 Å². The van der Waals surface area contributed by atoms with Gasteiger partial charge in [-0.2, -0.15) is 0 Å². The van der Waals surface area contributed by atoms with Gasteiger partial charge in [-0.3, -0.25) is 4.79 Å². The molecule has 2 aromatic carbocycles. The summed E-state index contributed by atoms with van der Waals surface area (Å²) in [6, 6.07) is 3.95. The Hall–Kier alpha value is -3.07. The van der Waals surface area contributed by atoms with Crippen LogP contribution in [0, 0.1) is 17.5 Å². The van der Waals surface area contributed by atoms with E-state index in [-0.39, 0.29) is 31.2 Å². The van der Waals surface area contributed by atoms with Crippen LogP contribution in [0.4, 0.5) is 18.9 Å². The molecule has 4 rings (SSSR count). The molecule has 2 aliphatic rings. The van der Waals surface area contributed by atoms with E-state index in [2.05, 4.69) is 5.16 Å². The molecular formula is C17H11F3N2O4. The second-order valence-electron chi connectivity index (χ2n) is 5.79. The van der Waals surface area contributed by atoms with Crippen molar-refractivity contribution in [2.75, 3.05) is 11.7 Å². The largest absolute Gasteiger partial charge is 0.467 e. The van der Waals surface area contributed by atoms with E-state index in [0.29, 0.717) is 22.9 Å². The van der Waals surface area contributed by atoms with Crippen LogP contribution in [0.1, 0.15) is 16.7 Å². The number of oxime groups is 1. The van der Waals surface area contributed by atoms with E-state index in [4.69, 9.17) is 14.7 Å². The number of hydrogen-bond donors (Lipinski definition) is 1. The van der Waals surface area contributed by atoms with Gasteiger partial charge in [-0.1, -0.05) is 5.16 Å². The number of fused-ring (bicyclic) bond motifs is 2. The first-order valence-electron chi connectivity index (χ1n) is 7.54. The van der Waals surface area contributed by atoms with Gasteiger partial charge in [-0.05, 0) is 18.2 Å². The maximum atomic E-state index is 14.1. The summed E-state index contributed by atoms with van der Waals surface area (Å²) in [7, 11) is 0. The summed E-state index contributed by atoms with van der Waals surface area (Å²) >= 11 is 0. The zero-order valence-electron chi connectivity index (χ0n) is 13.1. The van der Waals surface area contributed by atoms with Crippen LogP contribution in [0.25, 0.3) is 0 Å². The Labute approximate surface area is 145 Å². The molecule has 0 radical (unpaired) electrons. The van der Waals surface area contributed by atoms with E-state index in [1.807, 2.05) is 0 Å². The minimum absolute atomic E-state index is 0.0389. The van der Waals surface area contributed by atoms with Crippen molar-refractivity contribution < 1.29 is 32.6 Å². The maximum Gasteiger partial charge on any atom is 0.281 e. The van der Waals surface area contributed by atoms with E-state index in [9.17, 15) is 18.0 Å². The molecule has 0 bridgehead atoms. The van der Waals surface area contributed by atoms with Crippen LogP contribution in [0.15, 0.2) is 29.4 Å². The van der Waals surface area contributed by atoms with Gasteiger partial charge < -0.3 is 19.6 Å². The van der Waals surface area contributed by atoms with Crippen molar-refractivity contribution >= 4 is 17.3 Å². The van der Waals surface area contributed by atoms with Crippen LogP contribution in [0.2, 0.25) is 0 Å². The maximum absolute atomic E-state index is 14.1. The molecule has 0 unspecified atom stereocenters. The molecule has 0 aliphatic carbocycles. The zero-order chi connectivity index (χ0) is 18.4. The van der Waals surface area contributed by atoms with Gasteiger partial charge in [0, 0.05) is 17.2 Å². The number of amides is 1. The number of rotatable bonds is 2. The molecule has 134 valence electrons. The molecule has 0 spiro atoms. The Balaban J connectivity index is 1.81. The molecule has 1 N–H and O–H groups in total. The number of anilines is 1. The highest BCUT2D eigenvalue weighted by Gasteiger charge is 2.38. The fourth-order valence-corrected chi connectivity index (χ4v) is 3.15. The molecule has 0 atom stereocenters. The molecule has 9 heteroatoms. The van der Waals surface area contributed by atoms with Gasteiger partial charge in [0.15, 0.2) is 12.5 Å². The summed E-state index contributed by atoms with van der Waals surface area (Å²) in [6.07, 6.45) is 0. The van der Waals surface area contributed by atoms with Crippen LogP contribution in [-0.2, 0) is 22.7 Å². The molecule has 0 saturated heterocycles. The number of benzene rings is 2. The van der Waals surface area contributed by atoms with Crippen molar-refractivity contribution in [1.82, 2.24) is 0 Å². The Bertz CT molecular complexity index is 962. The van der Waals surface area contributed by atoms with Crippen LogP contribution in [0.3, 0.4) is 0 Å². The van der Waals surface area contributed by atoms with Gasteiger partial charge in [0.25, 0.3) is 5.91 Å². The third kappa shape index (κ3) is 2.48. The normalized spacial score (nSPS) is 17.3. The third-order valence-corrected chi connectivity index (χ3v) is 4.19. The fourth-order valence-electron chi connectivity index (χ4n) is 3.15. The lowest BCUT2D eigenvalue weighted by Crippen LogP contribution is -2.30. The topological polar surface area (TPSA) is 71.4 Å². The van der Waals surface area contributed by atoms with Gasteiger partial charge in [0.2, 0.25) is 0 Å². The predicted octanol–water partition coefficient (Wildman–Crippen LogP) is 2.70. The summed E-state index contributed by atoms with van der Waals surface area (Å²) in [6.45, 7) is -0.131. The molecule has 2 aliphatic heterocycles. The minimum Gasteiger partial charge on any atom is -0.467 e. The lowest BCUT2D eigenvalue weighted by Gasteiger charge is -2.24. The summed E-state index contributed by atoms with van der Waals surface area (Å²) < 4.78 is 52.1. The summed E-state index contributed by atoms with van der Waals surface area (Å²) in [4.78, 5) is 13.5. The smallest absolute Gasteiger partial charge is 0.281 e. The fraction of sp³-hybridized carbons (Fsp3) is 0.176. The summed E-state index contributed by atoms with van der Waals surface area (Å²) in [5.74, 6) is -2.99. The van der Waals surface area contributed by atoms with E-state index in [0.717, 1.165) is 11.0 Å². The highest BCUT2D eigenvalue weighted by molar-refractivity contribution is 6.54. The molecular weight excluding hydrogens is 353 g/mol. The van der Waals surface area contributed by atoms with Crippen molar-refractivity contribution in [3.8, 4) is 5.75 Å². The molecule has 2 aromatic rings. The van der Waals surface area contributed by atoms with Gasteiger partial charge in [0.1, 0.15) is 23.2 Å². The number of hydrogen-bond acceptors (Lipinski definition) is 5. The first-order valence-corrected chi connectivity index (χ1v) is 7.54. The monoisotopic (exact) mass is 364 g/mol. The molecule has 1 amide bonds. The average molecular weight is 364 g/mol. The first kappa shape index (κ1) is 16.4. The Morgan fingerprint density at radius 3 is 2.69 bits per heavy atom. The van der Waals surface area contributed by atoms with Crippen molar-refractivity contribution in [1.29, 1.82) is 0 Å². The quantitative estimate of drug-likeness (QED) is 0.657. The van der Waals surface area contributed by atoms with E-state index in [1.165, 1.54) is 12.1 Å². The molecule has 0 saturated carbocycles. The molecule has 0 fully saturated rings. The van der Waals surface area contributed by atoms with E-state index in [1.54, 1.807) is 0 Å². The van der Waals surface area contributed by atoms with Crippen molar-refractivity contribution in [3.63, 3.8) is 0 Å². The number of halogens is 3. The predicted molar refractivity (Wildman–Crippen MR) is 82.6 cm³/mol. The van der Waals surface area contributed by atoms with E-state index >= 15 is 0 Å². The van der Waals surface area contributed by atoms with Crippen LogP contribution in [0.5, 0.6) is 5.75 Å². The van der Waals surface area contributed by atoms with E-state index < -0.39 is 29.1 Å². The lowest BCUT2D eigenvalue weighted by atomic mass is 10.1. The first-order chi connectivity index (χ1) is 12.5. The summed E-state index contributed by atoms with van der Waals surface area (Å²) in [5.41, 5.74) is -0.211. The Kier molecular flexibility index (Phi) is 3.80. The van der Waals surface area contributed by atoms with Crippen LogP contribution >= 0.6 is 0 Å². The molecule has 0 aromatic heterocycles. The molecule has 26 heavy (non-hydrogen) atoms. The minimum atomic E-state index is -1.03. The lowest BCUT2D eigenvalue weighted by molar-refractivity contribution is -0.112. The Morgan fingerprint density at radius 1 is 1.15 bits per heavy atom. The number of nitrogens with zero attached hydrogens (tertiary/aromatic N) is 2. The highest BCUT2D eigenvalue weighted by atomic mass is 19.1. The number of carbonyl (C=O) groups excluding carboxylic acids is 1.